The molecular formula is C16H23N. The second kappa shape index (κ2) is 6.95. The van der Waals surface area contributed by atoms with Gasteiger partial charge in [0, 0.05) is 5.70 Å². The van der Waals surface area contributed by atoms with Crippen molar-refractivity contribution >= 4 is 5.57 Å². The van der Waals surface area contributed by atoms with Crippen molar-refractivity contribution in [1.82, 2.24) is 0 Å². The van der Waals surface area contributed by atoms with Crippen LogP contribution in [-0.2, 0) is 6.42 Å². The standard InChI is InChI=1S/C16H23N/c1-4-15-9-11-16(12-10-15)13(2)7-5-6-8-14(3)17/h9-12H,2-8,17H2,1H3. The van der Waals surface area contributed by atoms with Crippen LogP contribution in [0.2, 0.25) is 0 Å². The second-order valence-corrected chi connectivity index (χ2v) is 4.52. The Morgan fingerprint density at radius 1 is 1.06 bits per heavy atom. The summed E-state index contributed by atoms with van der Waals surface area (Å²) in [5.41, 5.74) is 10.2. The zero-order valence-electron chi connectivity index (χ0n) is 10.8. The molecule has 92 valence electrons. The number of nitrogens with two attached hydrogens (primary N) is 1. The molecule has 0 saturated heterocycles. The molecule has 0 aliphatic carbocycles. The lowest BCUT2D eigenvalue weighted by atomic mass is 9.99. The Balaban J connectivity index is 2.38. The molecule has 0 aliphatic heterocycles. The zero-order valence-corrected chi connectivity index (χ0v) is 10.8. The van der Waals surface area contributed by atoms with Crippen molar-refractivity contribution in [2.45, 2.75) is 39.0 Å². The van der Waals surface area contributed by atoms with Gasteiger partial charge in [0.25, 0.3) is 0 Å². The highest BCUT2D eigenvalue weighted by atomic mass is 14.5. The molecule has 0 unspecified atom stereocenters. The SMILES string of the molecule is C=C(N)CCCCC(=C)c1ccc(CC)cc1. The van der Waals surface area contributed by atoms with Crippen LogP contribution < -0.4 is 5.73 Å². The van der Waals surface area contributed by atoms with Crippen molar-refractivity contribution in [3.05, 3.63) is 54.2 Å². The molecule has 0 heterocycles. The number of hydrogen-bond acceptors (Lipinski definition) is 1. The van der Waals surface area contributed by atoms with Gasteiger partial charge in [0.05, 0.1) is 0 Å². The Bertz CT molecular complexity index is 373. The molecule has 0 bridgehead atoms. The number of hydrogen-bond donors (Lipinski definition) is 1. The van der Waals surface area contributed by atoms with Gasteiger partial charge in [-0.1, -0.05) is 44.3 Å². The first-order valence-electron chi connectivity index (χ1n) is 6.33. The molecule has 1 rings (SSSR count). The van der Waals surface area contributed by atoms with E-state index in [4.69, 9.17) is 5.73 Å². The van der Waals surface area contributed by atoms with Gasteiger partial charge in [-0.2, -0.15) is 0 Å². The number of benzene rings is 1. The van der Waals surface area contributed by atoms with Gasteiger partial charge in [-0.15, -0.1) is 0 Å². The summed E-state index contributed by atoms with van der Waals surface area (Å²) in [7, 11) is 0. The molecule has 0 atom stereocenters. The summed E-state index contributed by atoms with van der Waals surface area (Å²) in [5, 5.41) is 0. The Morgan fingerprint density at radius 2 is 1.65 bits per heavy atom. The van der Waals surface area contributed by atoms with E-state index in [1.807, 2.05) is 0 Å². The van der Waals surface area contributed by atoms with Crippen LogP contribution in [-0.4, -0.2) is 0 Å². The number of unbranched alkanes of at least 4 members (excludes halogenated alkanes) is 1. The Kier molecular flexibility index (Phi) is 5.55. The van der Waals surface area contributed by atoms with Crippen LogP contribution in [0.15, 0.2) is 43.1 Å². The van der Waals surface area contributed by atoms with Crippen molar-refractivity contribution < 1.29 is 0 Å². The smallest absolute Gasteiger partial charge is 0.000744 e. The molecule has 0 radical (unpaired) electrons. The van der Waals surface area contributed by atoms with Crippen LogP contribution in [0.1, 0.15) is 43.7 Å². The zero-order chi connectivity index (χ0) is 12.7. The molecule has 0 saturated carbocycles. The molecule has 1 heteroatoms. The van der Waals surface area contributed by atoms with Crippen molar-refractivity contribution in [2.24, 2.45) is 5.73 Å². The summed E-state index contributed by atoms with van der Waals surface area (Å²) in [5.74, 6) is 0. The summed E-state index contributed by atoms with van der Waals surface area (Å²) < 4.78 is 0. The maximum absolute atomic E-state index is 5.54. The van der Waals surface area contributed by atoms with Crippen LogP contribution in [0.4, 0.5) is 0 Å². The van der Waals surface area contributed by atoms with Gasteiger partial charge < -0.3 is 5.73 Å². The van der Waals surface area contributed by atoms with Crippen molar-refractivity contribution in [1.29, 1.82) is 0 Å². The maximum Gasteiger partial charge on any atom is 0.000744 e. The minimum atomic E-state index is 0.780. The molecule has 1 aromatic rings. The lowest BCUT2D eigenvalue weighted by Crippen LogP contribution is -1.94. The molecule has 1 nitrogen and oxygen atoms in total. The van der Waals surface area contributed by atoms with E-state index in [0.29, 0.717) is 0 Å². The van der Waals surface area contributed by atoms with Crippen LogP contribution in [0.25, 0.3) is 5.57 Å². The minimum Gasteiger partial charge on any atom is -0.403 e. The Morgan fingerprint density at radius 3 is 2.18 bits per heavy atom. The highest BCUT2D eigenvalue weighted by molar-refractivity contribution is 5.63. The van der Waals surface area contributed by atoms with E-state index in [0.717, 1.165) is 37.8 Å². The molecular weight excluding hydrogens is 206 g/mol. The van der Waals surface area contributed by atoms with E-state index < -0.39 is 0 Å². The van der Waals surface area contributed by atoms with Crippen LogP contribution >= 0.6 is 0 Å². The third-order valence-corrected chi connectivity index (χ3v) is 3.00. The van der Waals surface area contributed by atoms with E-state index >= 15 is 0 Å². The van der Waals surface area contributed by atoms with E-state index in [1.165, 1.54) is 16.7 Å². The van der Waals surface area contributed by atoms with Crippen LogP contribution in [0, 0.1) is 0 Å². The average molecular weight is 229 g/mol. The lowest BCUT2D eigenvalue weighted by molar-refractivity contribution is 0.746. The normalized spacial score (nSPS) is 10.2. The minimum absolute atomic E-state index is 0.780. The number of allylic oxidation sites excluding steroid dienone is 2. The van der Waals surface area contributed by atoms with E-state index in [1.54, 1.807) is 0 Å². The second-order valence-electron chi connectivity index (χ2n) is 4.52. The topological polar surface area (TPSA) is 26.0 Å². The van der Waals surface area contributed by atoms with E-state index in [-0.39, 0.29) is 0 Å². The first-order chi connectivity index (χ1) is 8.13. The van der Waals surface area contributed by atoms with Crippen molar-refractivity contribution in [3.63, 3.8) is 0 Å². The Labute approximate surface area is 105 Å². The molecule has 0 amide bonds. The fourth-order valence-electron chi connectivity index (χ4n) is 1.81. The average Bonchev–Trinajstić information content (AvgIpc) is 2.34. The maximum atomic E-state index is 5.54. The molecule has 0 aliphatic rings. The third kappa shape index (κ3) is 4.90. The van der Waals surface area contributed by atoms with Crippen LogP contribution in [0.5, 0.6) is 0 Å². The molecule has 2 N–H and O–H groups in total. The predicted octanol–water partition coefficient (Wildman–Crippen LogP) is 4.30. The summed E-state index contributed by atoms with van der Waals surface area (Å²) >= 11 is 0. The summed E-state index contributed by atoms with van der Waals surface area (Å²) in [6.45, 7) is 10.0. The van der Waals surface area contributed by atoms with Crippen molar-refractivity contribution in [2.75, 3.05) is 0 Å². The van der Waals surface area contributed by atoms with Gasteiger partial charge in [-0.25, -0.2) is 0 Å². The highest BCUT2D eigenvalue weighted by Crippen LogP contribution is 2.20. The van der Waals surface area contributed by atoms with Gasteiger partial charge in [-0.3, -0.25) is 0 Å². The lowest BCUT2D eigenvalue weighted by Gasteiger charge is -2.07. The molecule has 0 aromatic heterocycles. The molecule has 0 spiro atoms. The fraction of sp³-hybridized carbons (Fsp3) is 0.375. The summed E-state index contributed by atoms with van der Waals surface area (Å²) in [6.07, 6.45) is 5.28. The largest absolute Gasteiger partial charge is 0.403 e. The van der Waals surface area contributed by atoms with Gasteiger partial charge in [0.15, 0.2) is 0 Å². The molecule has 0 fully saturated rings. The summed E-state index contributed by atoms with van der Waals surface area (Å²) in [4.78, 5) is 0. The summed E-state index contributed by atoms with van der Waals surface area (Å²) in [6, 6.07) is 8.70. The van der Waals surface area contributed by atoms with Gasteiger partial charge in [0.1, 0.15) is 0 Å². The first kappa shape index (κ1) is 13.6. The first-order valence-corrected chi connectivity index (χ1v) is 6.33. The van der Waals surface area contributed by atoms with Gasteiger partial charge >= 0.3 is 0 Å². The third-order valence-electron chi connectivity index (χ3n) is 3.00. The van der Waals surface area contributed by atoms with Crippen LogP contribution in [0.3, 0.4) is 0 Å². The molecule has 1 aromatic carbocycles. The van der Waals surface area contributed by atoms with Crippen molar-refractivity contribution in [3.8, 4) is 0 Å². The highest BCUT2D eigenvalue weighted by Gasteiger charge is 1.99. The van der Waals surface area contributed by atoms with E-state index in [2.05, 4.69) is 44.3 Å². The predicted molar refractivity (Wildman–Crippen MR) is 76.6 cm³/mol. The number of rotatable bonds is 7. The molecule has 17 heavy (non-hydrogen) atoms. The van der Waals surface area contributed by atoms with Gasteiger partial charge in [-0.05, 0) is 48.8 Å². The monoisotopic (exact) mass is 229 g/mol. The van der Waals surface area contributed by atoms with Gasteiger partial charge in [0.2, 0.25) is 0 Å². The van der Waals surface area contributed by atoms with E-state index in [9.17, 15) is 0 Å². The fourth-order valence-corrected chi connectivity index (χ4v) is 1.81. The number of aryl methyl sites for hydroxylation is 1. The Hall–Kier alpha value is -1.50. The quantitative estimate of drug-likeness (QED) is 0.693.